The van der Waals surface area contributed by atoms with Crippen molar-refractivity contribution in [3.63, 3.8) is 0 Å². The van der Waals surface area contributed by atoms with Gasteiger partial charge in [-0.15, -0.1) is 0 Å². The number of rotatable bonds is 8. The number of carbonyl (C=O) groups excluding carboxylic acids is 4. The second-order valence-electron chi connectivity index (χ2n) is 3.39. The van der Waals surface area contributed by atoms with Crippen molar-refractivity contribution in [2.24, 2.45) is 0 Å². The SMILES string of the molecule is CCCC(=O)CC(=O)C(=O)C(=O)CCC. The van der Waals surface area contributed by atoms with E-state index in [0.717, 1.165) is 0 Å². The van der Waals surface area contributed by atoms with E-state index in [1.165, 1.54) is 0 Å². The number of carbonyl (C=O) groups is 4. The minimum absolute atomic E-state index is 0.0759. The van der Waals surface area contributed by atoms with Crippen molar-refractivity contribution in [1.82, 2.24) is 0 Å². The molecule has 4 nitrogen and oxygen atoms in total. The summed E-state index contributed by atoms with van der Waals surface area (Å²) >= 11 is 0. The van der Waals surface area contributed by atoms with E-state index < -0.39 is 23.8 Å². The third-order valence-corrected chi connectivity index (χ3v) is 1.87. The Morgan fingerprint density at radius 1 is 0.800 bits per heavy atom. The van der Waals surface area contributed by atoms with E-state index in [1.807, 2.05) is 6.92 Å². The normalized spacial score (nSPS) is 9.73. The zero-order chi connectivity index (χ0) is 11.8. The molecule has 0 rings (SSSR count). The molecule has 0 unspecified atom stereocenters. The van der Waals surface area contributed by atoms with Crippen LogP contribution in [0.4, 0.5) is 0 Å². The highest BCUT2D eigenvalue weighted by atomic mass is 16.2. The Balaban J connectivity index is 4.16. The van der Waals surface area contributed by atoms with Gasteiger partial charge < -0.3 is 0 Å². The van der Waals surface area contributed by atoms with Gasteiger partial charge in [-0.25, -0.2) is 0 Å². The first kappa shape index (κ1) is 13.7. The number of hydrogen-bond donors (Lipinski definition) is 0. The van der Waals surface area contributed by atoms with Crippen LogP contribution in [0.2, 0.25) is 0 Å². The van der Waals surface area contributed by atoms with E-state index in [2.05, 4.69) is 0 Å². The maximum Gasteiger partial charge on any atom is 0.264 e. The van der Waals surface area contributed by atoms with Crippen LogP contribution in [0.3, 0.4) is 0 Å². The molecule has 0 aromatic carbocycles. The molecule has 0 aromatic heterocycles. The van der Waals surface area contributed by atoms with Gasteiger partial charge in [0.1, 0.15) is 5.78 Å². The summed E-state index contributed by atoms with van der Waals surface area (Å²) in [7, 11) is 0. The van der Waals surface area contributed by atoms with Crippen LogP contribution >= 0.6 is 0 Å². The minimum atomic E-state index is -1.03. The van der Waals surface area contributed by atoms with Crippen LogP contribution in [0.15, 0.2) is 0 Å². The predicted octanol–water partition coefficient (Wildman–Crippen LogP) is 1.25. The Bertz CT molecular complexity index is 278. The Labute approximate surface area is 89.0 Å². The zero-order valence-electron chi connectivity index (χ0n) is 9.17. The molecule has 0 aromatic rings. The van der Waals surface area contributed by atoms with Crippen LogP contribution in [-0.2, 0) is 19.2 Å². The molecule has 0 amide bonds. The number of Topliss-reactive ketones (excluding diaryl/α,β-unsaturated/α-hetero) is 4. The first-order chi connectivity index (χ1) is 7.02. The molecule has 0 fully saturated rings. The van der Waals surface area contributed by atoms with Gasteiger partial charge >= 0.3 is 0 Å². The molecular weight excluding hydrogens is 196 g/mol. The van der Waals surface area contributed by atoms with Gasteiger partial charge in [0, 0.05) is 12.8 Å². The van der Waals surface area contributed by atoms with E-state index in [9.17, 15) is 19.2 Å². The molecule has 0 aliphatic rings. The fraction of sp³-hybridized carbons (Fsp3) is 0.636. The molecule has 0 heterocycles. The summed E-state index contributed by atoms with van der Waals surface area (Å²) in [4.78, 5) is 44.4. The van der Waals surface area contributed by atoms with Crippen molar-refractivity contribution in [2.75, 3.05) is 0 Å². The van der Waals surface area contributed by atoms with Gasteiger partial charge in [-0.05, 0) is 12.8 Å². The number of hydrogen-bond acceptors (Lipinski definition) is 4. The lowest BCUT2D eigenvalue weighted by molar-refractivity contribution is -0.144. The van der Waals surface area contributed by atoms with Gasteiger partial charge in [0.05, 0.1) is 6.42 Å². The zero-order valence-corrected chi connectivity index (χ0v) is 9.17. The summed E-state index contributed by atoms with van der Waals surface area (Å²) in [5.74, 6) is -2.86. The van der Waals surface area contributed by atoms with Crippen molar-refractivity contribution in [3.8, 4) is 0 Å². The van der Waals surface area contributed by atoms with Gasteiger partial charge in [-0.2, -0.15) is 0 Å². The topological polar surface area (TPSA) is 68.3 Å². The van der Waals surface area contributed by atoms with E-state index in [0.29, 0.717) is 12.8 Å². The lowest BCUT2D eigenvalue weighted by atomic mass is 10.0. The molecule has 0 saturated carbocycles. The monoisotopic (exact) mass is 212 g/mol. The van der Waals surface area contributed by atoms with Crippen molar-refractivity contribution >= 4 is 23.1 Å². The maximum absolute atomic E-state index is 11.2. The Kier molecular flexibility index (Phi) is 6.42. The second kappa shape index (κ2) is 7.04. The first-order valence-electron chi connectivity index (χ1n) is 5.14. The summed E-state index contributed by atoms with van der Waals surface area (Å²) in [6.07, 6.45) is 1.10. The lowest BCUT2D eigenvalue weighted by Gasteiger charge is -1.97. The van der Waals surface area contributed by atoms with Gasteiger partial charge in [-0.1, -0.05) is 13.8 Å². The van der Waals surface area contributed by atoms with Crippen LogP contribution in [0, 0.1) is 0 Å². The predicted molar refractivity (Wildman–Crippen MR) is 54.5 cm³/mol. The third-order valence-electron chi connectivity index (χ3n) is 1.87. The number of ketones is 4. The molecule has 4 heteroatoms. The smallest absolute Gasteiger partial charge is 0.264 e. The summed E-state index contributed by atoms with van der Waals surface area (Å²) in [5.41, 5.74) is 0. The van der Waals surface area contributed by atoms with Gasteiger partial charge in [0.15, 0.2) is 0 Å². The van der Waals surface area contributed by atoms with Gasteiger partial charge in [-0.3, -0.25) is 19.2 Å². The highest BCUT2D eigenvalue weighted by Gasteiger charge is 2.23. The van der Waals surface area contributed by atoms with Crippen LogP contribution < -0.4 is 0 Å². The average molecular weight is 212 g/mol. The van der Waals surface area contributed by atoms with E-state index in [-0.39, 0.29) is 18.6 Å². The van der Waals surface area contributed by atoms with Crippen molar-refractivity contribution in [3.05, 3.63) is 0 Å². The summed E-state index contributed by atoms with van der Waals surface area (Å²) in [5, 5.41) is 0. The Hall–Kier alpha value is -1.32. The van der Waals surface area contributed by atoms with Crippen LogP contribution in [0.1, 0.15) is 46.0 Å². The van der Waals surface area contributed by atoms with Gasteiger partial charge in [0.25, 0.3) is 5.78 Å². The minimum Gasteiger partial charge on any atom is -0.299 e. The third kappa shape index (κ3) is 5.20. The standard InChI is InChI=1S/C11H16O4/c1-3-5-8(12)7-10(14)11(15)9(13)6-4-2/h3-7H2,1-2H3. The van der Waals surface area contributed by atoms with E-state index in [1.54, 1.807) is 6.92 Å². The van der Waals surface area contributed by atoms with E-state index >= 15 is 0 Å². The molecule has 0 aliphatic carbocycles. The molecule has 0 atom stereocenters. The quantitative estimate of drug-likeness (QED) is 0.448. The summed E-state index contributed by atoms with van der Waals surface area (Å²) in [6, 6.07) is 0. The lowest BCUT2D eigenvalue weighted by Crippen LogP contribution is -2.25. The molecule has 0 radical (unpaired) electrons. The molecule has 0 bridgehead atoms. The Morgan fingerprint density at radius 3 is 1.80 bits per heavy atom. The fourth-order valence-corrected chi connectivity index (χ4v) is 1.12. The van der Waals surface area contributed by atoms with Crippen molar-refractivity contribution in [2.45, 2.75) is 46.0 Å². The highest BCUT2D eigenvalue weighted by Crippen LogP contribution is 1.99. The molecule has 0 N–H and O–H groups in total. The molecule has 15 heavy (non-hydrogen) atoms. The second-order valence-corrected chi connectivity index (χ2v) is 3.39. The molecular formula is C11H16O4. The maximum atomic E-state index is 11.2. The molecule has 0 aliphatic heterocycles. The highest BCUT2D eigenvalue weighted by molar-refractivity contribution is 6.64. The Morgan fingerprint density at radius 2 is 1.33 bits per heavy atom. The largest absolute Gasteiger partial charge is 0.299 e. The first-order valence-corrected chi connectivity index (χ1v) is 5.14. The molecule has 84 valence electrons. The molecule has 0 saturated heterocycles. The van der Waals surface area contributed by atoms with Crippen LogP contribution in [0.5, 0.6) is 0 Å². The molecule has 0 spiro atoms. The fourth-order valence-electron chi connectivity index (χ4n) is 1.12. The summed E-state index contributed by atoms with van der Waals surface area (Å²) < 4.78 is 0. The summed E-state index contributed by atoms with van der Waals surface area (Å²) in [6.45, 7) is 3.56. The van der Waals surface area contributed by atoms with Crippen molar-refractivity contribution in [1.29, 1.82) is 0 Å². The van der Waals surface area contributed by atoms with Crippen molar-refractivity contribution < 1.29 is 19.2 Å². The van der Waals surface area contributed by atoms with Crippen LogP contribution in [0.25, 0.3) is 0 Å². The van der Waals surface area contributed by atoms with Gasteiger partial charge in [0.2, 0.25) is 11.6 Å². The average Bonchev–Trinajstić information content (AvgIpc) is 2.17. The van der Waals surface area contributed by atoms with Crippen LogP contribution in [-0.4, -0.2) is 23.1 Å². The van der Waals surface area contributed by atoms with E-state index in [4.69, 9.17) is 0 Å².